The molecule has 0 fully saturated rings. The van der Waals surface area contributed by atoms with Crippen molar-refractivity contribution in [3.05, 3.63) is 28.3 Å². The number of carboxylic acids is 1. The fraction of sp³-hybridized carbons (Fsp3) is 0.750. The molecule has 0 aliphatic heterocycles. The van der Waals surface area contributed by atoms with Crippen LogP contribution in [0.2, 0.25) is 5.02 Å². The van der Waals surface area contributed by atoms with E-state index in [4.69, 9.17) is 16.7 Å². The van der Waals surface area contributed by atoms with E-state index in [1.807, 2.05) is 0 Å². The third-order valence-electron chi connectivity index (χ3n) is 6.55. The normalized spacial score (nSPS) is 11.2. The first-order valence-electron chi connectivity index (χ1n) is 13.2. The molecule has 0 amide bonds. The molecule has 33 heavy (non-hydrogen) atoms. The molecule has 1 aromatic carbocycles. The summed E-state index contributed by atoms with van der Waals surface area (Å²) in [6.45, 7) is 8.72. The van der Waals surface area contributed by atoms with Gasteiger partial charge in [0.15, 0.2) is 0 Å². The van der Waals surface area contributed by atoms with Crippen molar-refractivity contribution in [2.24, 2.45) is 0 Å². The number of carbonyl (C=O) groups is 1. The quantitative estimate of drug-likeness (QED) is 0.180. The summed E-state index contributed by atoms with van der Waals surface area (Å²) in [6.07, 6.45) is 20.4. The Morgan fingerprint density at radius 3 is 1.64 bits per heavy atom. The van der Waals surface area contributed by atoms with Gasteiger partial charge < -0.3 is 14.7 Å². The molecule has 0 bridgehead atoms. The molecule has 0 saturated carbocycles. The van der Waals surface area contributed by atoms with Gasteiger partial charge in [0.1, 0.15) is 0 Å². The van der Waals surface area contributed by atoms with E-state index in [-0.39, 0.29) is 5.56 Å². The van der Waals surface area contributed by atoms with Gasteiger partial charge in [0.2, 0.25) is 0 Å². The van der Waals surface area contributed by atoms with Gasteiger partial charge in [0.25, 0.3) is 0 Å². The minimum Gasteiger partial charge on any atom is -0.872 e. The van der Waals surface area contributed by atoms with E-state index in [0.29, 0.717) is 10.6 Å². The van der Waals surface area contributed by atoms with E-state index in [1.54, 1.807) is 0 Å². The maximum atomic E-state index is 11.0. The maximum Gasteiger partial charge on any atom is 0.335 e. The lowest BCUT2D eigenvalue weighted by atomic mass is 10.0. The van der Waals surface area contributed by atoms with Crippen LogP contribution in [0.5, 0.6) is 5.75 Å². The summed E-state index contributed by atoms with van der Waals surface area (Å²) in [5.41, 5.74) is 0.0687. The van der Waals surface area contributed by atoms with Gasteiger partial charge in [0.05, 0.1) is 32.7 Å². The summed E-state index contributed by atoms with van der Waals surface area (Å²) in [4.78, 5) is 10.5. The first kappa shape index (κ1) is 31.7. The molecule has 1 rings (SSSR count). The highest BCUT2D eigenvalue weighted by Gasteiger charge is 2.10. The van der Waals surface area contributed by atoms with Crippen molar-refractivity contribution in [1.82, 2.24) is 0 Å². The molecular weight excluding hydrogens is 434 g/mol. The number of halogens is 1. The van der Waals surface area contributed by atoms with Crippen molar-refractivity contribution < 1.29 is 19.5 Å². The first-order chi connectivity index (χ1) is 15.7. The third-order valence-corrected chi connectivity index (χ3v) is 6.96. The number of hydrogen-bond donors (Lipinski definition) is 1. The van der Waals surface area contributed by atoms with Gasteiger partial charge in [-0.1, -0.05) is 107 Å². The van der Waals surface area contributed by atoms with Crippen LogP contribution in [0, 0.1) is 6.92 Å². The molecule has 192 valence electrons. The van der Waals surface area contributed by atoms with E-state index in [1.165, 1.54) is 120 Å². The highest BCUT2D eigenvalue weighted by molar-refractivity contribution is 6.31. The number of hydrogen-bond acceptors (Lipinski definition) is 2. The van der Waals surface area contributed by atoms with Crippen LogP contribution in [0.15, 0.2) is 12.1 Å². The minimum atomic E-state index is -1.24. The Hall–Kier alpha value is -1.26. The van der Waals surface area contributed by atoms with Crippen molar-refractivity contribution in [1.29, 1.82) is 0 Å². The van der Waals surface area contributed by atoms with Gasteiger partial charge in [0, 0.05) is 5.02 Å². The molecule has 0 aromatic heterocycles. The van der Waals surface area contributed by atoms with Crippen molar-refractivity contribution in [3.63, 3.8) is 0 Å². The number of nitrogens with zero attached hydrogens (tertiary/aromatic N) is 1. The zero-order valence-electron chi connectivity index (χ0n) is 22.1. The van der Waals surface area contributed by atoms with Crippen LogP contribution in [0.3, 0.4) is 0 Å². The number of carboxylic acid groups (broad SMARTS) is 1. The van der Waals surface area contributed by atoms with Crippen LogP contribution < -0.4 is 5.11 Å². The molecule has 0 spiro atoms. The maximum absolute atomic E-state index is 11.0. The molecule has 4 nitrogen and oxygen atoms in total. The number of aromatic carboxylic acids is 1. The summed E-state index contributed by atoms with van der Waals surface area (Å²) >= 11 is 5.63. The summed E-state index contributed by atoms with van der Waals surface area (Å²) in [7, 11) is 4.70. The average molecular weight is 484 g/mol. The second-order valence-electron chi connectivity index (χ2n) is 9.92. The smallest absolute Gasteiger partial charge is 0.335 e. The molecule has 0 atom stereocenters. The lowest BCUT2D eigenvalue weighted by Gasteiger charge is -2.28. The summed E-state index contributed by atoms with van der Waals surface area (Å²) in [5, 5.41) is 19.9. The monoisotopic (exact) mass is 483 g/mol. The van der Waals surface area contributed by atoms with E-state index in [2.05, 4.69) is 27.9 Å². The highest BCUT2D eigenvalue weighted by Crippen LogP contribution is 2.25. The Morgan fingerprint density at radius 2 is 1.27 bits per heavy atom. The fourth-order valence-corrected chi connectivity index (χ4v) is 3.98. The molecule has 0 heterocycles. The second kappa shape index (κ2) is 19.1. The van der Waals surface area contributed by atoms with Crippen LogP contribution in [-0.2, 0) is 0 Å². The lowest BCUT2D eigenvalue weighted by molar-refractivity contribution is -0.888. The Labute approximate surface area is 208 Å². The molecule has 1 aromatic rings. The fourth-order valence-electron chi connectivity index (χ4n) is 3.82. The lowest BCUT2D eigenvalue weighted by Crippen LogP contribution is -2.39. The van der Waals surface area contributed by atoms with Gasteiger partial charge >= 0.3 is 5.97 Å². The molecule has 0 saturated heterocycles. The van der Waals surface area contributed by atoms with Gasteiger partial charge in [-0.2, -0.15) is 0 Å². The molecule has 0 aliphatic rings. The third kappa shape index (κ3) is 16.1. The standard InChI is InChI=1S/C20H44N.C8H7ClO3/c1-5-7-8-9-10-11-12-13-14-15-16-17-18-19-20-21(3,4)6-2;1-4-5(9)2-3-6(10)7(4)8(11)12/h5-20H2,1-4H3;2-3,10H,1H3,(H,11,12)/q+1;/p-1. The number of benzene rings is 1. The molecule has 0 unspecified atom stereocenters. The zero-order chi connectivity index (χ0) is 25.1. The molecule has 1 N–H and O–H groups in total. The first-order valence-corrected chi connectivity index (χ1v) is 13.6. The van der Waals surface area contributed by atoms with Gasteiger partial charge in [-0.3, -0.25) is 0 Å². The number of rotatable bonds is 17. The number of quaternary nitrogens is 1. The predicted molar refractivity (Wildman–Crippen MR) is 140 cm³/mol. The largest absolute Gasteiger partial charge is 0.872 e. The molecule has 0 radical (unpaired) electrons. The van der Waals surface area contributed by atoms with E-state index >= 15 is 0 Å². The van der Waals surface area contributed by atoms with Gasteiger partial charge in [-0.05, 0) is 38.3 Å². The minimum absolute atomic E-state index is 0.248. The van der Waals surface area contributed by atoms with Crippen LogP contribution in [0.25, 0.3) is 0 Å². The van der Waals surface area contributed by atoms with Crippen molar-refractivity contribution in [2.45, 2.75) is 111 Å². The Morgan fingerprint density at radius 1 is 0.848 bits per heavy atom. The number of unbranched alkanes of at least 4 members (excludes halogenated alkanes) is 13. The van der Waals surface area contributed by atoms with E-state index < -0.39 is 11.7 Å². The van der Waals surface area contributed by atoms with Crippen LogP contribution >= 0.6 is 11.6 Å². The predicted octanol–water partition coefficient (Wildman–Crippen LogP) is 7.98. The summed E-state index contributed by atoms with van der Waals surface area (Å²) < 4.78 is 1.19. The van der Waals surface area contributed by atoms with Gasteiger partial charge in [-0.25, -0.2) is 4.79 Å². The van der Waals surface area contributed by atoms with Crippen LogP contribution in [-0.4, -0.2) is 42.7 Å². The SMILES string of the molecule is CCCCCCCCCCCCCCCC[N+](C)(C)CC.Cc1c(Cl)ccc([O-])c1C(=O)O. The van der Waals surface area contributed by atoms with Crippen LogP contribution in [0.1, 0.15) is 120 Å². The highest BCUT2D eigenvalue weighted by atomic mass is 35.5. The average Bonchev–Trinajstić information content (AvgIpc) is 2.77. The second-order valence-corrected chi connectivity index (χ2v) is 10.3. The molecule has 0 aliphatic carbocycles. The van der Waals surface area contributed by atoms with Crippen molar-refractivity contribution in [2.75, 3.05) is 27.2 Å². The zero-order valence-corrected chi connectivity index (χ0v) is 22.8. The molecule has 5 heteroatoms. The summed E-state index contributed by atoms with van der Waals surface area (Å²) in [6, 6.07) is 2.55. The van der Waals surface area contributed by atoms with Gasteiger partial charge in [-0.15, -0.1) is 0 Å². The van der Waals surface area contributed by atoms with Crippen molar-refractivity contribution >= 4 is 17.6 Å². The van der Waals surface area contributed by atoms with Crippen LogP contribution in [0.4, 0.5) is 0 Å². The van der Waals surface area contributed by atoms with Crippen molar-refractivity contribution in [3.8, 4) is 5.75 Å². The van der Waals surface area contributed by atoms with E-state index in [0.717, 1.165) is 6.07 Å². The molecular formula is C28H50ClNO3. The Kier molecular flexibility index (Phi) is 18.4. The topological polar surface area (TPSA) is 60.4 Å². The summed E-state index contributed by atoms with van der Waals surface area (Å²) in [5.74, 6) is -1.75. The Bertz CT molecular complexity index is 646. The Balaban J connectivity index is 0.000000716. The van der Waals surface area contributed by atoms with E-state index in [9.17, 15) is 9.90 Å².